The lowest BCUT2D eigenvalue weighted by Gasteiger charge is -2.06. The first-order valence-corrected chi connectivity index (χ1v) is 8.15. The Balaban J connectivity index is 1.54. The van der Waals surface area contributed by atoms with Gasteiger partial charge in [0.05, 0.1) is 16.4 Å². The van der Waals surface area contributed by atoms with Crippen molar-refractivity contribution >= 4 is 23.2 Å². The number of benzene rings is 2. The molecule has 2 heterocycles. The highest BCUT2D eigenvalue weighted by Crippen LogP contribution is 2.26. The van der Waals surface area contributed by atoms with E-state index in [1.54, 1.807) is 35.4 Å². The predicted molar refractivity (Wildman–Crippen MR) is 98.3 cm³/mol. The molecule has 0 atom stereocenters. The van der Waals surface area contributed by atoms with E-state index in [1.807, 2.05) is 36.4 Å². The molecule has 26 heavy (non-hydrogen) atoms. The van der Waals surface area contributed by atoms with Crippen LogP contribution in [-0.2, 0) is 0 Å². The average molecular weight is 365 g/mol. The summed E-state index contributed by atoms with van der Waals surface area (Å²) in [6.45, 7) is 0. The monoisotopic (exact) mass is 364 g/mol. The van der Waals surface area contributed by atoms with Gasteiger partial charge in [0.25, 0.3) is 5.91 Å². The van der Waals surface area contributed by atoms with Crippen LogP contribution < -0.4 is 5.32 Å². The molecule has 8 heteroatoms. The van der Waals surface area contributed by atoms with Gasteiger partial charge in [-0.3, -0.25) is 14.5 Å². The fourth-order valence-corrected chi connectivity index (χ4v) is 2.75. The Kier molecular flexibility index (Phi) is 4.20. The second-order valence-corrected chi connectivity index (χ2v) is 5.93. The molecule has 0 bridgehead atoms. The van der Waals surface area contributed by atoms with E-state index in [9.17, 15) is 4.79 Å². The van der Waals surface area contributed by atoms with E-state index in [-0.39, 0.29) is 5.91 Å². The zero-order valence-corrected chi connectivity index (χ0v) is 14.2. The molecular formula is C18H13ClN6O. The number of nitrogens with zero attached hydrogens (tertiary/aromatic N) is 4. The van der Waals surface area contributed by atoms with Gasteiger partial charge >= 0.3 is 0 Å². The van der Waals surface area contributed by atoms with Crippen molar-refractivity contribution in [2.75, 3.05) is 5.32 Å². The number of aromatic nitrogens is 5. The van der Waals surface area contributed by atoms with Crippen LogP contribution in [0.3, 0.4) is 0 Å². The lowest BCUT2D eigenvalue weighted by atomic mass is 10.1. The zero-order valence-electron chi connectivity index (χ0n) is 13.4. The Bertz CT molecular complexity index is 1060. The standard InChI is InChI=1S/C18H13ClN6O/c19-15-7-2-1-6-14(15)16-9-17(24-23-16)18(26)22-12-4-3-5-13(8-12)25-10-20-21-11-25/h1-11H,(H,22,26)(H,23,24). The molecule has 0 saturated heterocycles. The molecule has 1 amide bonds. The van der Waals surface area contributed by atoms with E-state index in [0.717, 1.165) is 11.3 Å². The van der Waals surface area contributed by atoms with Crippen molar-refractivity contribution < 1.29 is 4.79 Å². The molecule has 128 valence electrons. The Hall–Kier alpha value is -3.45. The number of nitrogens with one attached hydrogen (secondary N) is 2. The molecule has 0 spiro atoms. The Labute approximate surface area is 153 Å². The quantitative estimate of drug-likeness (QED) is 0.579. The van der Waals surface area contributed by atoms with Crippen LogP contribution in [0.5, 0.6) is 0 Å². The van der Waals surface area contributed by atoms with Gasteiger partial charge in [-0.15, -0.1) is 10.2 Å². The number of H-pyrrole nitrogens is 1. The van der Waals surface area contributed by atoms with Crippen LogP contribution in [0.15, 0.2) is 67.3 Å². The number of carbonyl (C=O) groups excluding carboxylic acids is 1. The summed E-state index contributed by atoms with van der Waals surface area (Å²) in [4.78, 5) is 12.5. The third-order valence-electron chi connectivity index (χ3n) is 3.79. The minimum Gasteiger partial charge on any atom is -0.321 e. The molecule has 2 aromatic carbocycles. The molecule has 0 unspecified atom stereocenters. The number of anilines is 1. The van der Waals surface area contributed by atoms with E-state index in [2.05, 4.69) is 25.7 Å². The van der Waals surface area contributed by atoms with Crippen molar-refractivity contribution in [1.82, 2.24) is 25.0 Å². The summed E-state index contributed by atoms with van der Waals surface area (Å²) in [5, 5.41) is 17.9. The lowest BCUT2D eigenvalue weighted by molar-refractivity contribution is 0.102. The predicted octanol–water partition coefficient (Wildman–Crippen LogP) is 3.56. The van der Waals surface area contributed by atoms with E-state index >= 15 is 0 Å². The molecule has 0 aliphatic rings. The molecule has 0 saturated carbocycles. The molecule has 0 aliphatic carbocycles. The first kappa shape index (κ1) is 16.0. The molecule has 0 radical (unpaired) electrons. The minimum atomic E-state index is -0.295. The number of rotatable bonds is 4. The van der Waals surface area contributed by atoms with Crippen molar-refractivity contribution in [3.8, 4) is 16.9 Å². The smallest absolute Gasteiger partial charge is 0.273 e. The molecule has 0 fully saturated rings. The number of hydrogen-bond donors (Lipinski definition) is 2. The van der Waals surface area contributed by atoms with Crippen LogP contribution in [-0.4, -0.2) is 30.9 Å². The van der Waals surface area contributed by atoms with Crippen LogP contribution >= 0.6 is 11.6 Å². The number of hydrogen-bond acceptors (Lipinski definition) is 4. The molecule has 4 aromatic rings. The van der Waals surface area contributed by atoms with Crippen molar-refractivity contribution in [2.24, 2.45) is 0 Å². The van der Waals surface area contributed by atoms with Gasteiger partial charge < -0.3 is 5.32 Å². The number of halogens is 1. The number of aromatic amines is 1. The first-order chi connectivity index (χ1) is 12.7. The second-order valence-electron chi connectivity index (χ2n) is 5.52. The maximum Gasteiger partial charge on any atom is 0.273 e. The summed E-state index contributed by atoms with van der Waals surface area (Å²) in [6.07, 6.45) is 3.18. The van der Waals surface area contributed by atoms with Gasteiger partial charge in [-0.1, -0.05) is 35.9 Å². The largest absolute Gasteiger partial charge is 0.321 e. The van der Waals surface area contributed by atoms with E-state index in [1.165, 1.54) is 0 Å². The Morgan fingerprint density at radius 2 is 1.85 bits per heavy atom. The Morgan fingerprint density at radius 1 is 1.04 bits per heavy atom. The fraction of sp³-hybridized carbons (Fsp3) is 0. The lowest BCUT2D eigenvalue weighted by Crippen LogP contribution is -2.12. The summed E-state index contributed by atoms with van der Waals surface area (Å²) in [5.74, 6) is -0.295. The van der Waals surface area contributed by atoms with Gasteiger partial charge in [0.15, 0.2) is 0 Å². The van der Waals surface area contributed by atoms with Crippen molar-refractivity contribution in [3.63, 3.8) is 0 Å². The van der Waals surface area contributed by atoms with Crippen LogP contribution in [0.25, 0.3) is 16.9 Å². The van der Waals surface area contributed by atoms with Crippen LogP contribution in [0.4, 0.5) is 5.69 Å². The normalized spacial score (nSPS) is 10.7. The van der Waals surface area contributed by atoms with Gasteiger partial charge in [-0.05, 0) is 30.3 Å². The van der Waals surface area contributed by atoms with Gasteiger partial charge in [0, 0.05) is 11.3 Å². The third kappa shape index (κ3) is 3.20. The van der Waals surface area contributed by atoms with Crippen molar-refractivity contribution in [1.29, 1.82) is 0 Å². The van der Waals surface area contributed by atoms with Crippen LogP contribution in [0.2, 0.25) is 5.02 Å². The number of amides is 1. The Morgan fingerprint density at radius 3 is 2.65 bits per heavy atom. The fourth-order valence-electron chi connectivity index (χ4n) is 2.52. The second kappa shape index (κ2) is 6.81. The molecule has 0 aliphatic heterocycles. The molecule has 7 nitrogen and oxygen atoms in total. The van der Waals surface area contributed by atoms with Crippen LogP contribution in [0, 0.1) is 0 Å². The van der Waals surface area contributed by atoms with E-state index in [4.69, 9.17) is 11.6 Å². The highest BCUT2D eigenvalue weighted by Gasteiger charge is 2.13. The maximum absolute atomic E-state index is 12.5. The summed E-state index contributed by atoms with van der Waals surface area (Å²) in [5.41, 5.74) is 3.21. The molecule has 2 N–H and O–H groups in total. The average Bonchev–Trinajstić information content (AvgIpc) is 3.35. The van der Waals surface area contributed by atoms with Gasteiger partial charge in [-0.25, -0.2) is 0 Å². The topological polar surface area (TPSA) is 88.5 Å². The van der Waals surface area contributed by atoms with Gasteiger partial charge in [0.1, 0.15) is 18.3 Å². The minimum absolute atomic E-state index is 0.295. The zero-order chi connectivity index (χ0) is 17.9. The van der Waals surface area contributed by atoms with Crippen molar-refractivity contribution in [3.05, 3.63) is 78.0 Å². The van der Waals surface area contributed by atoms with Crippen molar-refractivity contribution in [2.45, 2.75) is 0 Å². The SMILES string of the molecule is O=C(Nc1cccc(-n2cnnc2)c1)c1cc(-c2ccccc2Cl)n[nH]1. The molecule has 4 rings (SSSR count). The highest BCUT2D eigenvalue weighted by molar-refractivity contribution is 6.33. The molecular weight excluding hydrogens is 352 g/mol. The summed E-state index contributed by atoms with van der Waals surface area (Å²) < 4.78 is 1.75. The summed E-state index contributed by atoms with van der Waals surface area (Å²) in [6, 6.07) is 16.4. The first-order valence-electron chi connectivity index (χ1n) is 7.77. The van der Waals surface area contributed by atoms with Crippen LogP contribution in [0.1, 0.15) is 10.5 Å². The van der Waals surface area contributed by atoms with E-state index in [0.29, 0.717) is 22.1 Å². The molecule has 2 aromatic heterocycles. The summed E-state index contributed by atoms with van der Waals surface area (Å²) >= 11 is 6.18. The maximum atomic E-state index is 12.5. The van der Waals surface area contributed by atoms with Gasteiger partial charge in [-0.2, -0.15) is 5.10 Å². The van der Waals surface area contributed by atoms with E-state index < -0.39 is 0 Å². The number of carbonyl (C=O) groups is 1. The summed E-state index contributed by atoms with van der Waals surface area (Å²) in [7, 11) is 0. The highest BCUT2D eigenvalue weighted by atomic mass is 35.5. The van der Waals surface area contributed by atoms with Gasteiger partial charge in [0.2, 0.25) is 0 Å². The third-order valence-corrected chi connectivity index (χ3v) is 4.12.